The Morgan fingerprint density at radius 2 is 2.09 bits per heavy atom. The Labute approximate surface area is 76.0 Å². The van der Waals surface area contributed by atoms with Crippen molar-refractivity contribution in [1.29, 1.82) is 0 Å². The maximum atomic E-state index is 3.98. The van der Waals surface area contributed by atoms with Crippen molar-refractivity contribution >= 4 is 15.9 Å². The van der Waals surface area contributed by atoms with Crippen LogP contribution in [-0.2, 0) is 0 Å². The first-order valence-corrected chi connectivity index (χ1v) is 4.92. The van der Waals surface area contributed by atoms with Crippen molar-refractivity contribution in [1.82, 2.24) is 4.98 Å². The highest BCUT2D eigenvalue weighted by Crippen LogP contribution is 2.18. The zero-order valence-electron chi connectivity index (χ0n) is 6.63. The fraction of sp³-hybridized carbons (Fsp3) is 0.444. The largest absolute Gasteiger partial charge is 0.265 e. The predicted molar refractivity (Wildman–Crippen MR) is 51.1 cm³/mol. The standard InChI is InChI=1S/C9H12BrN/c1-8(2-5-10)9-3-6-11-7-4-9/h3-4,6-8H,2,5H2,1H3. The number of halogens is 1. The van der Waals surface area contributed by atoms with Crippen LogP contribution in [0.1, 0.15) is 24.8 Å². The Morgan fingerprint density at radius 1 is 1.45 bits per heavy atom. The zero-order valence-corrected chi connectivity index (χ0v) is 8.21. The van der Waals surface area contributed by atoms with Crippen molar-refractivity contribution in [3.8, 4) is 0 Å². The molecular weight excluding hydrogens is 202 g/mol. The molecule has 0 spiro atoms. The third-order valence-electron chi connectivity index (χ3n) is 1.82. The number of aromatic nitrogens is 1. The smallest absolute Gasteiger partial charge is 0.0270 e. The number of pyridine rings is 1. The quantitative estimate of drug-likeness (QED) is 0.705. The van der Waals surface area contributed by atoms with Crippen molar-refractivity contribution in [2.45, 2.75) is 19.3 Å². The number of alkyl halides is 1. The summed E-state index contributed by atoms with van der Waals surface area (Å²) in [6.07, 6.45) is 4.88. The Hall–Kier alpha value is -0.370. The average molecular weight is 214 g/mol. The molecular formula is C9H12BrN. The van der Waals surface area contributed by atoms with Gasteiger partial charge in [-0.3, -0.25) is 4.98 Å². The summed E-state index contributed by atoms with van der Waals surface area (Å²) < 4.78 is 0. The minimum absolute atomic E-state index is 0.636. The Balaban J connectivity index is 2.61. The Morgan fingerprint density at radius 3 is 2.64 bits per heavy atom. The van der Waals surface area contributed by atoms with E-state index >= 15 is 0 Å². The van der Waals surface area contributed by atoms with Gasteiger partial charge in [-0.05, 0) is 30.0 Å². The second-order valence-corrected chi connectivity index (χ2v) is 3.45. The van der Waals surface area contributed by atoms with E-state index < -0.39 is 0 Å². The minimum Gasteiger partial charge on any atom is -0.265 e. The van der Waals surface area contributed by atoms with Crippen LogP contribution < -0.4 is 0 Å². The van der Waals surface area contributed by atoms with Crippen molar-refractivity contribution in [2.24, 2.45) is 0 Å². The number of rotatable bonds is 3. The molecule has 60 valence electrons. The van der Waals surface area contributed by atoms with Crippen molar-refractivity contribution in [3.05, 3.63) is 30.1 Å². The van der Waals surface area contributed by atoms with Crippen LogP contribution in [0.3, 0.4) is 0 Å². The van der Waals surface area contributed by atoms with E-state index in [2.05, 4.69) is 40.0 Å². The molecule has 0 aliphatic heterocycles. The average Bonchev–Trinajstić information content (AvgIpc) is 2.07. The Kier molecular flexibility index (Phi) is 3.57. The molecule has 0 N–H and O–H groups in total. The van der Waals surface area contributed by atoms with Crippen LogP contribution in [0.15, 0.2) is 24.5 Å². The van der Waals surface area contributed by atoms with Gasteiger partial charge in [0.15, 0.2) is 0 Å². The van der Waals surface area contributed by atoms with Crippen molar-refractivity contribution in [3.63, 3.8) is 0 Å². The molecule has 2 heteroatoms. The highest BCUT2D eigenvalue weighted by Gasteiger charge is 2.02. The predicted octanol–water partition coefficient (Wildman–Crippen LogP) is 2.97. The van der Waals surface area contributed by atoms with Crippen LogP contribution >= 0.6 is 15.9 Å². The van der Waals surface area contributed by atoms with Crippen molar-refractivity contribution in [2.75, 3.05) is 5.33 Å². The second kappa shape index (κ2) is 4.50. The summed E-state index contributed by atoms with van der Waals surface area (Å²) >= 11 is 3.43. The van der Waals surface area contributed by atoms with Gasteiger partial charge in [0, 0.05) is 17.7 Å². The molecule has 0 radical (unpaired) electrons. The van der Waals surface area contributed by atoms with Gasteiger partial charge in [0.2, 0.25) is 0 Å². The molecule has 1 aromatic heterocycles. The van der Waals surface area contributed by atoms with Gasteiger partial charge in [0.05, 0.1) is 0 Å². The fourth-order valence-corrected chi connectivity index (χ4v) is 1.71. The summed E-state index contributed by atoms with van der Waals surface area (Å²) in [5.74, 6) is 0.636. The lowest BCUT2D eigenvalue weighted by atomic mass is 10.0. The molecule has 1 aromatic rings. The SMILES string of the molecule is CC(CCBr)c1ccncc1. The molecule has 1 unspecified atom stereocenters. The normalized spacial score (nSPS) is 12.9. The topological polar surface area (TPSA) is 12.9 Å². The maximum Gasteiger partial charge on any atom is 0.0270 e. The molecule has 0 aliphatic rings. The molecule has 11 heavy (non-hydrogen) atoms. The van der Waals surface area contributed by atoms with Crippen LogP contribution in [0, 0.1) is 0 Å². The Bertz CT molecular complexity index is 198. The van der Waals surface area contributed by atoms with Crippen LogP contribution in [0.25, 0.3) is 0 Å². The fourth-order valence-electron chi connectivity index (χ4n) is 1.02. The molecule has 0 fully saturated rings. The van der Waals surface area contributed by atoms with E-state index in [9.17, 15) is 0 Å². The molecule has 0 amide bonds. The van der Waals surface area contributed by atoms with E-state index in [4.69, 9.17) is 0 Å². The van der Waals surface area contributed by atoms with Gasteiger partial charge in [0.25, 0.3) is 0 Å². The summed E-state index contributed by atoms with van der Waals surface area (Å²) in [6, 6.07) is 4.15. The van der Waals surface area contributed by atoms with E-state index in [1.54, 1.807) is 0 Å². The number of hydrogen-bond acceptors (Lipinski definition) is 1. The molecule has 1 heterocycles. The second-order valence-electron chi connectivity index (χ2n) is 2.66. The minimum atomic E-state index is 0.636. The molecule has 0 aliphatic carbocycles. The van der Waals surface area contributed by atoms with Crippen LogP contribution in [0.4, 0.5) is 0 Å². The van der Waals surface area contributed by atoms with Gasteiger partial charge >= 0.3 is 0 Å². The van der Waals surface area contributed by atoms with E-state index in [-0.39, 0.29) is 0 Å². The van der Waals surface area contributed by atoms with Crippen molar-refractivity contribution < 1.29 is 0 Å². The molecule has 1 nitrogen and oxygen atoms in total. The van der Waals surface area contributed by atoms with Gasteiger partial charge in [-0.2, -0.15) is 0 Å². The van der Waals surface area contributed by atoms with E-state index in [0.717, 1.165) is 5.33 Å². The molecule has 0 aromatic carbocycles. The first kappa shape index (κ1) is 8.72. The van der Waals surface area contributed by atoms with Gasteiger partial charge in [-0.15, -0.1) is 0 Å². The number of hydrogen-bond donors (Lipinski definition) is 0. The van der Waals surface area contributed by atoms with Gasteiger partial charge in [0.1, 0.15) is 0 Å². The van der Waals surface area contributed by atoms with Gasteiger partial charge < -0.3 is 0 Å². The van der Waals surface area contributed by atoms with Gasteiger partial charge in [-0.25, -0.2) is 0 Å². The van der Waals surface area contributed by atoms with Gasteiger partial charge in [-0.1, -0.05) is 22.9 Å². The highest BCUT2D eigenvalue weighted by atomic mass is 79.9. The summed E-state index contributed by atoms with van der Waals surface area (Å²) in [5.41, 5.74) is 1.37. The summed E-state index contributed by atoms with van der Waals surface area (Å²) in [6.45, 7) is 2.23. The highest BCUT2D eigenvalue weighted by molar-refractivity contribution is 9.09. The molecule has 0 saturated carbocycles. The van der Waals surface area contributed by atoms with Crippen LogP contribution in [0.2, 0.25) is 0 Å². The molecule has 0 bridgehead atoms. The van der Waals surface area contributed by atoms with E-state index in [0.29, 0.717) is 5.92 Å². The first-order valence-electron chi connectivity index (χ1n) is 3.80. The van der Waals surface area contributed by atoms with Crippen LogP contribution in [0.5, 0.6) is 0 Å². The molecule has 1 atom stereocenters. The summed E-state index contributed by atoms with van der Waals surface area (Å²) in [7, 11) is 0. The number of nitrogens with zero attached hydrogens (tertiary/aromatic N) is 1. The summed E-state index contributed by atoms with van der Waals surface area (Å²) in [5, 5.41) is 1.07. The maximum absolute atomic E-state index is 3.98. The molecule has 0 saturated heterocycles. The molecule has 1 rings (SSSR count). The lowest BCUT2D eigenvalue weighted by Crippen LogP contribution is -1.93. The zero-order chi connectivity index (χ0) is 8.10. The lowest BCUT2D eigenvalue weighted by Gasteiger charge is -2.08. The first-order chi connectivity index (χ1) is 5.34. The van der Waals surface area contributed by atoms with E-state index in [1.807, 2.05) is 12.4 Å². The third-order valence-corrected chi connectivity index (χ3v) is 2.28. The van der Waals surface area contributed by atoms with Crippen LogP contribution in [-0.4, -0.2) is 10.3 Å². The third kappa shape index (κ3) is 2.62. The monoisotopic (exact) mass is 213 g/mol. The lowest BCUT2D eigenvalue weighted by molar-refractivity contribution is 0.742. The van der Waals surface area contributed by atoms with E-state index in [1.165, 1.54) is 12.0 Å². The summed E-state index contributed by atoms with van der Waals surface area (Å²) in [4.78, 5) is 3.98.